The Morgan fingerprint density at radius 2 is 1.95 bits per heavy atom. The molecule has 1 heterocycles. The summed E-state index contributed by atoms with van der Waals surface area (Å²) in [6.45, 7) is 1.96. The fraction of sp³-hybridized carbons (Fsp3) is 0.267. The van der Waals surface area contributed by atoms with Gasteiger partial charge in [0.1, 0.15) is 11.5 Å². The van der Waals surface area contributed by atoms with Gasteiger partial charge in [-0.3, -0.25) is 4.98 Å². The molecule has 0 bridgehead atoms. The number of rotatable bonds is 5. The molecule has 0 amide bonds. The van der Waals surface area contributed by atoms with Crippen molar-refractivity contribution < 1.29 is 9.47 Å². The number of hydrogen-bond acceptors (Lipinski definition) is 5. The zero-order valence-electron chi connectivity index (χ0n) is 11.8. The SMILES string of the molecule is COc1cc(C)nc(CSc2ccc(N)cc2OC)c1. The standard InChI is InChI=1S/C15H18N2O2S/c1-10-6-13(18-2)8-12(17-10)9-20-15-5-4-11(16)7-14(15)19-3/h4-8H,9,16H2,1-3H3. The lowest BCUT2D eigenvalue weighted by molar-refractivity contribution is 0.405. The van der Waals surface area contributed by atoms with Crippen LogP contribution in [0.5, 0.6) is 11.5 Å². The highest BCUT2D eigenvalue weighted by atomic mass is 32.2. The highest BCUT2D eigenvalue weighted by Crippen LogP contribution is 2.33. The van der Waals surface area contributed by atoms with E-state index in [2.05, 4.69) is 4.98 Å². The summed E-state index contributed by atoms with van der Waals surface area (Å²) in [6.07, 6.45) is 0. The van der Waals surface area contributed by atoms with Gasteiger partial charge >= 0.3 is 0 Å². The van der Waals surface area contributed by atoms with Crippen LogP contribution in [0.2, 0.25) is 0 Å². The molecule has 0 unspecified atom stereocenters. The summed E-state index contributed by atoms with van der Waals surface area (Å²) in [6, 6.07) is 9.52. The summed E-state index contributed by atoms with van der Waals surface area (Å²) in [5, 5.41) is 0. The maximum atomic E-state index is 5.75. The number of pyridine rings is 1. The number of nitrogen functional groups attached to an aromatic ring is 1. The Labute approximate surface area is 123 Å². The zero-order valence-corrected chi connectivity index (χ0v) is 12.7. The molecule has 0 saturated heterocycles. The van der Waals surface area contributed by atoms with Gasteiger partial charge in [0.25, 0.3) is 0 Å². The number of anilines is 1. The van der Waals surface area contributed by atoms with E-state index in [1.54, 1.807) is 26.0 Å². The Hall–Kier alpha value is -1.88. The number of aromatic nitrogens is 1. The molecule has 0 aliphatic rings. The fourth-order valence-corrected chi connectivity index (χ4v) is 2.75. The van der Waals surface area contributed by atoms with Crippen molar-refractivity contribution in [2.75, 3.05) is 20.0 Å². The predicted molar refractivity (Wildman–Crippen MR) is 82.5 cm³/mol. The molecule has 20 heavy (non-hydrogen) atoms. The van der Waals surface area contributed by atoms with E-state index < -0.39 is 0 Å². The first-order valence-corrected chi connectivity index (χ1v) is 7.19. The van der Waals surface area contributed by atoms with E-state index in [0.29, 0.717) is 5.69 Å². The second-order valence-electron chi connectivity index (χ2n) is 4.34. The molecule has 2 aromatic rings. The molecule has 4 nitrogen and oxygen atoms in total. The highest BCUT2D eigenvalue weighted by molar-refractivity contribution is 7.98. The highest BCUT2D eigenvalue weighted by Gasteiger charge is 2.06. The summed E-state index contributed by atoms with van der Waals surface area (Å²) in [5.74, 6) is 2.37. The minimum absolute atomic E-state index is 0.696. The monoisotopic (exact) mass is 290 g/mol. The number of benzene rings is 1. The van der Waals surface area contributed by atoms with E-state index in [0.717, 1.165) is 33.5 Å². The van der Waals surface area contributed by atoms with Gasteiger partial charge in [0.15, 0.2) is 0 Å². The van der Waals surface area contributed by atoms with Gasteiger partial charge in [-0.1, -0.05) is 0 Å². The normalized spacial score (nSPS) is 10.3. The van der Waals surface area contributed by atoms with Crippen LogP contribution < -0.4 is 15.2 Å². The van der Waals surface area contributed by atoms with Crippen LogP contribution in [-0.4, -0.2) is 19.2 Å². The largest absolute Gasteiger partial charge is 0.497 e. The van der Waals surface area contributed by atoms with Crippen LogP contribution >= 0.6 is 11.8 Å². The van der Waals surface area contributed by atoms with E-state index in [9.17, 15) is 0 Å². The van der Waals surface area contributed by atoms with Gasteiger partial charge in [-0.25, -0.2) is 0 Å². The smallest absolute Gasteiger partial charge is 0.134 e. The molecule has 0 radical (unpaired) electrons. The van der Waals surface area contributed by atoms with Crippen molar-refractivity contribution in [2.24, 2.45) is 0 Å². The van der Waals surface area contributed by atoms with Crippen LogP contribution in [-0.2, 0) is 5.75 Å². The first-order chi connectivity index (χ1) is 9.62. The van der Waals surface area contributed by atoms with Gasteiger partial charge in [0.2, 0.25) is 0 Å². The Bertz CT molecular complexity index is 602. The van der Waals surface area contributed by atoms with Gasteiger partial charge in [-0.05, 0) is 19.1 Å². The number of nitrogens with zero attached hydrogens (tertiary/aromatic N) is 1. The Morgan fingerprint density at radius 3 is 2.65 bits per heavy atom. The molecular formula is C15H18N2O2S. The van der Waals surface area contributed by atoms with Crippen molar-refractivity contribution in [3.63, 3.8) is 0 Å². The van der Waals surface area contributed by atoms with Crippen molar-refractivity contribution in [3.8, 4) is 11.5 Å². The second-order valence-corrected chi connectivity index (χ2v) is 5.36. The molecule has 106 valence electrons. The minimum atomic E-state index is 0.696. The van der Waals surface area contributed by atoms with Crippen molar-refractivity contribution in [3.05, 3.63) is 41.7 Å². The van der Waals surface area contributed by atoms with Crippen LogP contribution in [0.4, 0.5) is 5.69 Å². The third kappa shape index (κ3) is 3.57. The number of aryl methyl sites for hydroxylation is 1. The van der Waals surface area contributed by atoms with Crippen LogP contribution in [0.25, 0.3) is 0 Å². The fourth-order valence-electron chi connectivity index (χ4n) is 1.85. The average molecular weight is 290 g/mol. The van der Waals surface area contributed by atoms with Crippen LogP contribution in [0.3, 0.4) is 0 Å². The van der Waals surface area contributed by atoms with Crippen molar-refractivity contribution in [1.29, 1.82) is 0 Å². The van der Waals surface area contributed by atoms with Crippen LogP contribution in [0, 0.1) is 6.92 Å². The van der Waals surface area contributed by atoms with Crippen molar-refractivity contribution in [1.82, 2.24) is 4.98 Å². The number of methoxy groups -OCH3 is 2. The van der Waals surface area contributed by atoms with Gasteiger partial charge in [-0.2, -0.15) is 0 Å². The maximum Gasteiger partial charge on any atom is 0.134 e. The van der Waals surface area contributed by atoms with E-state index in [4.69, 9.17) is 15.2 Å². The molecule has 0 spiro atoms. The number of hydrogen-bond donors (Lipinski definition) is 1. The summed E-state index contributed by atoms with van der Waals surface area (Å²) in [5.41, 5.74) is 8.37. The Balaban J connectivity index is 2.14. The van der Waals surface area contributed by atoms with Gasteiger partial charge in [-0.15, -0.1) is 11.8 Å². The summed E-state index contributed by atoms with van der Waals surface area (Å²) >= 11 is 1.66. The number of thioether (sulfide) groups is 1. The minimum Gasteiger partial charge on any atom is -0.497 e. The topological polar surface area (TPSA) is 57.4 Å². The maximum absolute atomic E-state index is 5.75. The molecule has 0 fully saturated rings. The quantitative estimate of drug-likeness (QED) is 0.676. The molecule has 0 aliphatic carbocycles. The molecular weight excluding hydrogens is 272 g/mol. The zero-order chi connectivity index (χ0) is 14.5. The summed E-state index contributed by atoms with van der Waals surface area (Å²) < 4.78 is 10.6. The lowest BCUT2D eigenvalue weighted by Crippen LogP contribution is -1.94. The summed E-state index contributed by atoms with van der Waals surface area (Å²) in [4.78, 5) is 5.55. The van der Waals surface area contributed by atoms with E-state index >= 15 is 0 Å². The van der Waals surface area contributed by atoms with Crippen molar-refractivity contribution in [2.45, 2.75) is 17.6 Å². The predicted octanol–water partition coefficient (Wildman–Crippen LogP) is 3.28. The van der Waals surface area contributed by atoms with Gasteiger partial charge < -0.3 is 15.2 Å². The van der Waals surface area contributed by atoms with Crippen LogP contribution in [0.1, 0.15) is 11.4 Å². The first kappa shape index (κ1) is 14.5. The van der Waals surface area contributed by atoms with E-state index in [-0.39, 0.29) is 0 Å². The van der Waals surface area contributed by atoms with Crippen LogP contribution in [0.15, 0.2) is 35.2 Å². The molecule has 0 atom stereocenters. The molecule has 2 rings (SSSR count). The van der Waals surface area contributed by atoms with Crippen molar-refractivity contribution >= 4 is 17.4 Å². The molecule has 0 aliphatic heterocycles. The first-order valence-electron chi connectivity index (χ1n) is 6.20. The number of ether oxygens (including phenoxy) is 2. The van der Waals surface area contributed by atoms with Gasteiger partial charge in [0.05, 0.1) is 19.9 Å². The van der Waals surface area contributed by atoms with Gasteiger partial charge in [0, 0.05) is 40.2 Å². The third-order valence-corrected chi connectivity index (χ3v) is 3.87. The lowest BCUT2D eigenvalue weighted by atomic mass is 10.3. The molecule has 1 aromatic heterocycles. The van der Waals surface area contributed by atoms with E-state index in [1.165, 1.54) is 0 Å². The lowest BCUT2D eigenvalue weighted by Gasteiger charge is -2.09. The number of nitrogens with two attached hydrogens (primary N) is 1. The molecule has 5 heteroatoms. The second kappa shape index (κ2) is 6.52. The Morgan fingerprint density at radius 1 is 1.15 bits per heavy atom. The molecule has 2 N–H and O–H groups in total. The average Bonchev–Trinajstić information content (AvgIpc) is 2.45. The molecule has 1 aromatic carbocycles. The van der Waals surface area contributed by atoms with E-state index in [1.807, 2.05) is 37.3 Å². The summed E-state index contributed by atoms with van der Waals surface area (Å²) in [7, 11) is 3.31. The third-order valence-electron chi connectivity index (χ3n) is 2.78. The Kier molecular flexibility index (Phi) is 4.74. The molecule has 0 saturated carbocycles.